The molecule has 19 heavy (non-hydrogen) atoms. The van der Waals surface area contributed by atoms with Crippen molar-refractivity contribution in [3.63, 3.8) is 0 Å². The zero-order valence-corrected chi connectivity index (χ0v) is 11.3. The summed E-state index contributed by atoms with van der Waals surface area (Å²) in [6.07, 6.45) is 0. The lowest BCUT2D eigenvalue weighted by atomic mass is 10.3. The first kappa shape index (κ1) is 13.1. The number of ether oxygens (including phenoxy) is 1. The van der Waals surface area contributed by atoms with E-state index in [0.717, 1.165) is 11.4 Å². The highest BCUT2D eigenvalue weighted by Crippen LogP contribution is 2.08. The number of nitrogens with zero attached hydrogens (tertiary/aromatic N) is 5. The zero-order chi connectivity index (χ0) is 14.0. The second kappa shape index (κ2) is 5.13. The van der Waals surface area contributed by atoms with E-state index in [4.69, 9.17) is 4.74 Å². The van der Waals surface area contributed by atoms with Gasteiger partial charge >= 0.3 is 5.97 Å². The average Bonchev–Trinajstić information content (AvgIpc) is 2.70. The molecule has 7 nitrogen and oxygen atoms in total. The highest BCUT2D eigenvalue weighted by molar-refractivity contribution is 5.88. The van der Waals surface area contributed by atoms with Crippen LogP contribution in [0, 0.1) is 20.8 Å². The van der Waals surface area contributed by atoms with Crippen molar-refractivity contribution in [3.05, 3.63) is 28.8 Å². The number of carbonyl (C=O) groups is 1. The predicted molar refractivity (Wildman–Crippen MR) is 67.1 cm³/mol. The van der Waals surface area contributed by atoms with Gasteiger partial charge in [-0.2, -0.15) is 0 Å². The standard InChI is InChI=1S/C12H15N5O2/c1-5-19-11(18)10-9(4)15-17(16-10)12-13-7(2)6-8(3)14-12/h6H,5H2,1-4H3. The number of hydrogen-bond acceptors (Lipinski definition) is 6. The lowest BCUT2D eigenvalue weighted by molar-refractivity contribution is 0.0518. The maximum atomic E-state index is 11.7. The molecule has 2 aromatic heterocycles. The van der Waals surface area contributed by atoms with E-state index >= 15 is 0 Å². The Balaban J connectivity index is 2.41. The van der Waals surface area contributed by atoms with Gasteiger partial charge in [-0.25, -0.2) is 14.8 Å². The van der Waals surface area contributed by atoms with Crippen LogP contribution in [0.2, 0.25) is 0 Å². The monoisotopic (exact) mass is 261 g/mol. The van der Waals surface area contributed by atoms with E-state index in [1.807, 2.05) is 19.9 Å². The van der Waals surface area contributed by atoms with E-state index in [1.54, 1.807) is 13.8 Å². The molecule has 7 heteroatoms. The van der Waals surface area contributed by atoms with Gasteiger partial charge in [-0.05, 0) is 33.8 Å². The molecule has 0 unspecified atom stereocenters. The van der Waals surface area contributed by atoms with E-state index in [2.05, 4.69) is 20.2 Å². The van der Waals surface area contributed by atoms with Gasteiger partial charge in [-0.3, -0.25) is 0 Å². The third-order valence-corrected chi connectivity index (χ3v) is 2.40. The maximum absolute atomic E-state index is 11.7. The summed E-state index contributed by atoms with van der Waals surface area (Å²) in [5, 5.41) is 8.23. The maximum Gasteiger partial charge on any atom is 0.360 e. The Labute approximate surface area is 110 Å². The Bertz CT molecular complexity index is 600. The summed E-state index contributed by atoms with van der Waals surface area (Å²) in [6, 6.07) is 1.85. The Morgan fingerprint density at radius 3 is 2.42 bits per heavy atom. The molecule has 0 amide bonds. The summed E-state index contributed by atoms with van der Waals surface area (Å²) in [5.74, 6) is -0.147. The normalized spacial score (nSPS) is 10.5. The SMILES string of the molecule is CCOC(=O)c1nn(-c2nc(C)cc(C)n2)nc1C. The van der Waals surface area contributed by atoms with Gasteiger partial charge in [0.25, 0.3) is 5.95 Å². The van der Waals surface area contributed by atoms with E-state index in [0.29, 0.717) is 18.2 Å². The predicted octanol–water partition coefficient (Wildman–Crippen LogP) is 1.16. The first-order valence-corrected chi connectivity index (χ1v) is 5.95. The minimum absolute atomic E-state index is 0.185. The molecule has 2 aromatic rings. The molecule has 0 bridgehead atoms. The minimum atomic E-state index is -0.490. The van der Waals surface area contributed by atoms with Crippen LogP contribution in [-0.2, 0) is 4.74 Å². The fourth-order valence-electron chi connectivity index (χ4n) is 1.65. The Morgan fingerprint density at radius 1 is 1.21 bits per heavy atom. The lowest BCUT2D eigenvalue weighted by Crippen LogP contribution is -2.09. The molecule has 0 spiro atoms. The molecule has 0 aliphatic carbocycles. The molecule has 100 valence electrons. The molecule has 0 fully saturated rings. The molecule has 0 saturated carbocycles. The van der Waals surface area contributed by atoms with Gasteiger partial charge in [0.05, 0.1) is 12.3 Å². The van der Waals surface area contributed by atoms with Gasteiger partial charge in [0, 0.05) is 11.4 Å². The van der Waals surface area contributed by atoms with Crippen LogP contribution in [0.25, 0.3) is 5.95 Å². The van der Waals surface area contributed by atoms with Gasteiger partial charge in [-0.1, -0.05) is 0 Å². The van der Waals surface area contributed by atoms with Crippen LogP contribution in [0.1, 0.15) is 34.5 Å². The second-order valence-corrected chi connectivity index (χ2v) is 4.09. The van der Waals surface area contributed by atoms with Crippen LogP contribution in [0.5, 0.6) is 0 Å². The minimum Gasteiger partial charge on any atom is -0.461 e. The molecule has 0 aromatic carbocycles. The van der Waals surface area contributed by atoms with Crippen molar-refractivity contribution in [1.82, 2.24) is 25.0 Å². The van der Waals surface area contributed by atoms with Gasteiger partial charge in [0.2, 0.25) is 0 Å². The average molecular weight is 261 g/mol. The quantitative estimate of drug-likeness (QED) is 0.771. The van der Waals surface area contributed by atoms with Crippen molar-refractivity contribution >= 4 is 5.97 Å². The number of rotatable bonds is 3. The topological polar surface area (TPSA) is 82.8 Å². The van der Waals surface area contributed by atoms with E-state index in [9.17, 15) is 4.79 Å². The van der Waals surface area contributed by atoms with Crippen molar-refractivity contribution in [2.24, 2.45) is 0 Å². The van der Waals surface area contributed by atoms with Crippen LogP contribution in [0.4, 0.5) is 0 Å². The van der Waals surface area contributed by atoms with Crippen molar-refractivity contribution in [2.45, 2.75) is 27.7 Å². The van der Waals surface area contributed by atoms with Gasteiger partial charge in [0.1, 0.15) is 0 Å². The lowest BCUT2D eigenvalue weighted by Gasteiger charge is -2.00. The Morgan fingerprint density at radius 2 is 1.84 bits per heavy atom. The second-order valence-electron chi connectivity index (χ2n) is 4.09. The zero-order valence-electron chi connectivity index (χ0n) is 11.3. The number of esters is 1. The molecule has 0 N–H and O–H groups in total. The van der Waals surface area contributed by atoms with Crippen LogP contribution in [-0.4, -0.2) is 37.5 Å². The molecule has 0 radical (unpaired) electrons. The fraction of sp³-hybridized carbons (Fsp3) is 0.417. The van der Waals surface area contributed by atoms with E-state index in [-0.39, 0.29) is 5.69 Å². The Kier molecular flexibility index (Phi) is 3.55. The van der Waals surface area contributed by atoms with Gasteiger partial charge in [-0.15, -0.1) is 15.0 Å². The fourth-order valence-corrected chi connectivity index (χ4v) is 1.65. The summed E-state index contributed by atoms with van der Waals surface area (Å²) in [7, 11) is 0. The van der Waals surface area contributed by atoms with Gasteiger partial charge < -0.3 is 4.74 Å². The molecule has 0 atom stereocenters. The van der Waals surface area contributed by atoms with Crippen molar-refractivity contribution < 1.29 is 9.53 Å². The Hall–Kier alpha value is -2.31. The van der Waals surface area contributed by atoms with Crippen molar-refractivity contribution in [1.29, 1.82) is 0 Å². The highest BCUT2D eigenvalue weighted by Gasteiger charge is 2.18. The highest BCUT2D eigenvalue weighted by atomic mass is 16.5. The summed E-state index contributed by atoms with van der Waals surface area (Å²) < 4.78 is 4.91. The third kappa shape index (κ3) is 2.75. The number of hydrogen-bond donors (Lipinski definition) is 0. The van der Waals surface area contributed by atoms with Crippen LogP contribution >= 0.6 is 0 Å². The third-order valence-electron chi connectivity index (χ3n) is 2.40. The molecule has 0 aliphatic rings. The first-order chi connectivity index (χ1) is 9.01. The van der Waals surface area contributed by atoms with E-state index in [1.165, 1.54) is 4.80 Å². The number of aryl methyl sites for hydroxylation is 3. The summed E-state index contributed by atoms with van der Waals surface area (Å²) in [4.78, 5) is 21.4. The molecule has 0 aliphatic heterocycles. The summed E-state index contributed by atoms with van der Waals surface area (Å²) in [5.41, 5.74) is 2.30. The smallest absolute Gasteiger partial charge is 0.360 e. The molecular formula is C12H15N5O2. The summed E-state index contributed by atoms with van der Waals surface area (Å²) >= 11 is 0. The summed E-state index contributed by atoms with van der Waals surface area (Å²) in [6.45, 7) is 7.45. The number of carbonyl (C=O) groups excluding carboxylic acids is 1. The van der Waals surface area contributed by atoms with E-state index < -0.39 is 5.97 Å². The molecular weight excluding hydrogens is 246 g/mol. The van der Waals surface area contributed by atoms with Crippen LogP contribution in [0.3, 0.4) is 0 Å². The van der Waals surface area contributed by atoms with Crippen LogP contribution < -0.4 is 0 Å². The molecule has 2 rings (SSSR count). The van der Waals surface area contributed by atoms with Crippen LogP contribution in [0.15, 0.2) is 6.07 Å². The largest absolute Gasteiger partial charge is 0.461 e. The first-order valence-electron chi connectivity index (χ1n) is 5.95. The molecule has 2 heterocycles. The van der Waals surface area contributed by atoms with Crippen molar-refractivity contribution in [3.8, 4) is 5.95 Å². The number of aromatic nitrogens is 5. The molecule has 0 saturated heterocycles. The van der Waals surface area contributed by atoms with Gasteiger partial charge in [0.15, 0.2) is 5.69 Å². The van der Waals surface area contributed by atoms with Crippen molar-refractivity contribution in [2.75, 3.05) is 6.61 Å².